The SMILES string of the molecule is COc1ccc(-c2noc(/C(Cl)=C/c3ccc(Cl)cc3)n2)cc1. The molecule has 0 aliphatic heterocycles. The van der Waals surface area contributed by atoms with Crippen LogP contribution < -0.4 is 4.74 Å². The van der Waals surface area contributed by atoms with Crippen LogP contribution in [-0.4, -0.2) is 17.3 Å². The molecule has 116 valence electrons. The third-order valence-corrected chi connectivity index (χ3v) is 3.66. The summed E-state index contributed by atoms with van der Waals surface area (Å²) in [7, 11) is 1.61. The first-order valence-electron chi connectivity index (χ1n) is 6.77. The monoisotopic (exact) mass is 346 g/mol. The molecular weight excluding hydrogens is 335 g/mol. The lowest BCUT2D eigenvalue weighted by atomic mass is 10.2. The van der Waals surface area contributed by atoms with E-state index in [1.165, 1.54) is 0 Å². The molecule has 3 rings (SSSR count). The molecule has 0 fully saturated rings. The Morgan fingerprint density at radius 1 is 1.09 bits per heavy atom. The van der Waals surface area contributed by atoms with Crippen molar-refractivity contribution in [1.82, 2.24) is 10.1 Å². The lowest BCUT2D eigenvalue weighted by Crippen LogP contribution is -1.84. The van der Waals surface area contributed by atoms with Gasteiger partial charge in [-0.3, -0.25) is 0 Å². The maximum absolute atomic E-state index is 6.24. The number of aromatic nitrogens is 2. The topological polar surface area (TPSA) is 48.2 Å². The van der Waals surface area contributed by atoms with Crippen molar-refractivity contribution in [3.63, 3.8) is 0 Å². The van der Waals surface area contributed by atoms with Gasteiger partial charge in [0, 0.05) is 10.6 Å². The molecule has 0 atom stereocenters. The van der Waals surface area contributed by atoms with Gasteiger partial charge in [0.15, 0.2) is 0 Å². The van der Waals surface area contributed by atoms with Crippen LogP contribution in [0.2, 0.25) is 5.02 Å². The molecule has 0 spiro atoms. The number of ether oxygens (including phenoxy) is 1. The van der Waals surface area contributed by atoms with Crippen LogP contribution in [0.5, 0.6) is 5.75 Å². The summed E-state index contributed by atoms with van der Waals surface area (Å²) in [6.07, 6.45) is 1.74. The van der Waals surface area contributed by atoms with Crippen molar-refractivity contribution in [3.05, 3.63) is 65.0 Å². The predicted molar refractivity (Wildman–Crippen MR) is 91.5 cm³/mol. The predicted octanol–water partition coefficient (Wildman–Crippen LogP) is 5.14. The molecule has 0 radical (unpaired) electrons. The molecule has 3 aromatic rings. The molecule has 23 heavy (non-hydrogen) atoms. The van der Waals surface area contributed by atoms with Crippen molar-refractivity contribution in [2.45, 2.75) is 0 Å². The first kappa shape index (κ1) is 15.6. The minimum Gasteiger partial charge on any atom is -0.497 e. The summed E-state index contributed by atoms with van der Waals surface area (Å²) in [4.78, 5) is 4.30. The number of methoxy groups -OCH3 is 1. The Morgan fingerprint density at radius 2 is 1.78 bits per heavy atom. The summed E-state index contributed by atoms with van der Waals surface area (Å²) in [6, 6.07) is 14.6. The Hall–Kier alpha value is -2.30. The molecule has 0 saturated carbocycles. The van der Waals surface area contributed by atoms with Gasteiger partial charge >= 0.3 is 0 Å². The maximum Gasteiger partial charge on any atom is 0.269 e. The Bertz CT molecular complexity index is 825. The van der Waals surface area contributed by atoms with Crippen LogP contribution in [0.1, 0.15) is 11.5 Å². The molecule has 0 N–H and O–H groups in total. The number of nitrogens with zero attached hydrogens (tertiary/aromatic N) is 2. The van der Waals surface area contributed by atoms with Crippen LogP contribution in [0.25, 0.3) is 22.5 Å². The van der Waals surface area contributed by atoms with Crippen LogP contribution in [0, 0.1) is 0 Å². The fourth-order valence-corrected chi connectivity index (χ4v) is 2.27. The Labute approximate surface area is 143 Å². The van der Waals surface area contributed by atoms with Crippen molar-refractivity contribution in [3.8, 4) is 17.1 Å². The van der Waals surface area contributed by atoms with E-state index in [0.717, 1.165) is 16.9 Å². The van der Waals surface area contributed by atoms with Crippen LogP contribution in [0.15, 0.2) is 53.1 Å². The number of rotatable bonds is 4. The second kappa shape index (κ2) is 6.86. The third-order valence-electron chi connectivity index (χ3n) is 3.14. The van der Waals surface area contributed by atoms with Gasteiger partial charge in [0.05, 0.1) is 7.11 Å². The summed E-state index contributed by atoms with van der Waals surface area (Å²) >= 11 is 12.1. The smallest absolute Gasteiger partial charge is 0.269 e. The van der Waals surface area contributed by atoms with Crippen LogP contribution >= 0.6 is 23.2 Å². The van der Waals surface area contributed by atoms with E-state index in [-0.39, 0.29) is 5.89 Å². The third kappa shape index (κ3) is 3.73. The van der Waals surface area contributed by atoms with E-state index in [4.69, 9.17) is 32.5 Å². The number of hydrogen-bond donors (Lipinski definition) is 0. The summed E-state index contributed by atoms with van der Waals surface area (Å²) in [5, 5.41) is 4.97. The van der Waals surface area contributed by atoms with Crippen LogP contribution in [-0.2, 0) is 0 Å². The maximum atomic E-state index is 6.24. The van der Waals surface area contributed by atoms with Gasteiger partial charge in [-0.2, -0.15) is 4.98 Å². The Kier molecular flexibility index (Phi) is 4.65. The van der Waals surface area contributed by atoms with Gasteiger partial charge in [-0.1, -0.05) is 40.5 Å². The van der Waals surface area contributed by atoms with Gasteiger partial charge < -0.3 is 9.26 Å². The minimum absolute atomic E-state index is 0.257. The van der Waals surface area contributed by atoms with Crippen molar-refractivity contribution in [2.75, 3.05) is 7.11 Å². The van der Waals surface area contributed by atoms with Crippen molar-refractivity contribution in [1.29, 1.82) is 0 Å². The van der Waals surface area contributed by atoms with Crippen LogP contribution in [0.4, 0.5) is 0 Å². The van der Waals surface area contributed by atoms with Crippen molar-refractivity contribution in [2.24, 2.45) is 0 Å². The van der Waals surface area contributed by atoms with E-state index in [9.17, 15) is 0 Å². The highest BCUT2D eigenvalue weighted by molar-refractivity contribution is 6.50. The largest absolute Gasteiger partial charge is 0.497 e. The average molecular weight is 347 g/mol. The number of hydrogen-bond acceptors (Lipinski definition) is 4. The Morgan fingerprint density at radius 3 is 2.43 bits per heavy atom. The van der Waals surface area contributed by atoms with E-state index in [1.54, 1.807) is 25.3 Å². The quantitative estimate of drug-likeness (QED) is 0.656. The molecular formula is C17H12Cl2N2O2. The zero-order valence-corrected chi connectivity index (χ0v) is 13.7. The lowest BCUT2D eigenvalue weighted by molar-refractivity contribution is 0.410. The van der Waals surface area contributed by atoms with Crippen molar-refractivity contribution < 1.29 is 9.26 Å². The summed E-state index contributed by atoms with van der Waals surface area (Å²) in [5.41, 5.74) is 1.71. The second-order valence-electron chi connectivity index (χ2n) is 4.70. The van der Waals surface area contributed by atoms with Gasteiger partial charge in [0.25, 0.3) is 5.89 Å². The van der Waals surface area contributed by atoms with Gasteiger partial charge in [0.1, 0.15) is 10.8 Å². The molecule has 6 heteroatoms. The highest BCUT2D eigenvalue weighted by Gasteiger charge is 2.11. The fourth-order valence-electron chi connectivity index (χ4n) is 1.94. The highest BCUT2D eigenvalue weighted by Crippen LogP contribution is 2.25. The van der Waals surface area contributed by atoms with E-state index in [1.807, 2.05) is 36.4 Å². The molecule has 0 saturated heterocycles. The molecule has 1 heterocycles. The second-order valence-corrected chi connectivity index (χ2v) is 5.54. The lowest BCUT2D eigenvalue weighted by Gasteiger charge is -1.98. The van der Waals surface area contributed by atoms with E-state index >= 15 is 0 Å². The van der Waals surface area contributed by atoms with E-state index in [0.29, 0.717) is 15.9 Å². The van der Waals surface area contributed by atoms with Gasteiger partial charge in [0.2, 0.25) is 5.82 Å². The number of benzene rings is 2. The van der Waals surface area contributed by atoms with Gasteiger partial charge in [-0.25, -0.2) is 0 Å². The minimum atomic E-state index is 0.257. The molecule has 1 aromatic heterocycles. The summed E-state index contributed by atoms with van der Waals surface area (Å²) in [6.45, 7) is 0. The fraction of sp³-hybridized carbons (Fsp3) is 0.0588. The molecule has 4 nitrogen and oxygen atoms in total. The van der Waals surface area contributed by atoms with E-state index < -0.39 is 0 Å². The van der Waals surface area contributed by atoms with Crippen molar-refractivity contribution >= 4 is 34.3 Å². The summed E-state index contributed by atoms with van der Waals surface area (Å²) in [5.74, 6) is 1.48. The average Bonchev–Trinajstić information content (AvgIpc) is 3.07. The summed E-state index contributed by atoms with van der Waals surface area (Å²) < 4.78 is 10.3. The molecule has 2 aromatic carbocycles. The standard InChI is InChI=1S/C17H12Cl2N2O2/c1-22-14-8-4-12(5-9-14)16-20-17(23-21-16)15(19)10-11-2-6-13(18)7-3-11/h2-10H,1H3/b15-10-. The van der Waals surface area contributed by atoms with E-state index in [2.05, 4.69) is 10.1 Å². The molecule has 0 aliphatic rings. The molecule has 0 bridgehead atoms. The molecule has 0 unspecified atom stereocenters. The molecule has 0 amide bonds. The normalized spacial score (nSPS) is 11.5. The highest BCUT2D eigenvalue weighted by atomic mass is 35.5. The first-order valence-corrected chi connectivity index (χ1v) is 7.52. The van der Waals surface area contributed by atoms with Gasteiger partial charge in [-0.05, 0) is 48.0 Å². The zero-order valence-electron chi connectivity index (χ0n) is 12.2. The Balaban J connectivity index is 1.84. The van der Waals surface area contributed by atoms with Crippen LogP contribution in [0.3, 0.4) is 0 Å². The zero-order chi connectivity index (χ0) is 16.2. The van der Waals surface area contributed by atoms with Gasteiger partial charge in [-0.15, -0.1) is 0 Å². The number of halogens is 2. The molecule has 0 aliphatic carbocycles. The first-order chi connectivity index (χ1) is 11.2.